The van der Waals surface area contributed by atoms with Gasteiger partial charge in [-0.3, -0.25) is 9.98 Å². The Morgan fingerprint density at radius 3 is 1.67 bits per heavy atom. The first-order chi connectivity index (χ1) is 27.2. The van der Waals surface area contributed by atoms with Crippen LogP contribution in [0.5, 0.6) is 0 Å². The third-order valence-corrected chi connectivity index (χ3v) is 9.68. The maximum atomic E-state index is 6.87. The molecular weight excluding hydrogens is 673 g/mol. The summed E-state index contributed by atoms with van der Waals surface area (Å²) in [5, 5.41) is 2.14. The molecule has 266 valence electrons. The predicted octanol–water partition coefficient (Wildman–Crippen LogP) is 11.7. The van der Waals surface area contributed by atoms with Crippen LogP contribution in [0.1, 0.15) is 16.7 Å². The molecule has 5 heteroatoms. The van der Waals surface area contributed by atoms with Crippen molar-refractivity contribution in [1.82, 2.24) is 4.98 Å². The molecule has 0 radical (unpaired) electrons. The van der Waals surface area contributed by atoms with Crippen LogP contribution in [0, 0.1) is 0 Å². The highest BCUT2D eigenvalue weighted by Gasteiger charge is 2.21. The van der Waals surface area contributed by atoms with Crippen molar-refractivity contribution in [2.75, 3.05) is 0 Å². The molecule has 0 spiro atoms. The van der Waals surface area contributed by atoms with Gasteiger partial charge < -0.3 is 15.9 Å². The Bertz CT molecular complexity index is 2670. The normalized spacial score (nSPS) is 11.3. The van der Waals surface area contributed by atoms with Gasteiger partial charge in [0.25, 0.3) is 0 Å². The second-order valence-corrected chi connectivity index (χ2v) is 13.3. The molecule has 0 aliphatic rings. The highest BCUT2D eigenvalue weighted by Crippen LogP contribution is 2.45. The minimum absolute atomic E-state index is 0.463. The quantitative estimate of drug-likeness (QED) is 0.121. The highest BCUT2D eigenvalue weighted by atomic mass is 16.3. The molecule has 0 aliphatic heterocycles. The van der Waals surface area contributed by atoms with Crippen molar-refractivity contribution >= 4 is 27.8 Å². The van der Waals surface area contributed by atoms with E-state index in [4.69, 9.17) is 20.9 Å². The largest absolute Gasteiger partial charge is 0.455 e. The molecule has 5 nitrogen and oxygen atoms in total. The Balaban J connectivity index is 0.000000224. The van der Waals surface area contributed by atoms with Crippen LogP contribution in [0.2, 0.25) is 0 Å². The van der Waals surface area contributed by atoms with Crippen LogP contribution in [0.25, 0.3) is 66.6 Å². The molecule has 9 aromatic rings. The lowest BCUT2D eigenvalue weighted by Crippen LogP contribution is -2.13. The molecule has 0 bridgehead atoms. The Labute approximate surface area is 321 Å². The third kappa shape index (κ3) is 7.70. The second-order valence-electron chi connectivity index (χ2n) is 13.3. The summed E-state index contributed by atoms with van der Waals surface area (Å²) in [5.41, 5.74) is 25.2. The molecule has 0 aliphatic carbocycles. The average Bonchev–Trinajstić information content (AvgIpc) is 3.66. The summed E-state index contributed by atoms with van der Waals surface area (Å²) in [6.45, 7) is 1.09. The van der Waals surface area contributed by atoms with Gasteiger partial charge in [-0.15, -0.1) is 0 Å². The van der Waals surface area contributed by atoms with Gasteiger partial charge >= 0.3 is 0 Å². The molecule has 9 rings (SSSR count). The monoisotopic (exact) mass is 712 g/mol. The Kier molecular flexibility index (Phi) is 10.4. The number of rotatable bonds is 8. The van der Waals surface area contributed by atoms with Crippen molar-refractivity contribution in [2.24, 2.45) is 16.5 Å². The second kappa shape index (κ2) is 16.3. The van der Waals surface area contributed by atoms with Gasteiger partial charge in [-0.2, -0.15) is 0 Å². The summed E-state index contributed by atoms with van der Waals surface area (Å²) in [6.07, 6.45) is 1.86. The molecule has 2 aromatic heterocycles. The SMILES string of the molecule is NC(=NCc1ccccc1)c1ccccc1.NCc1ccc(-c2ccc(-c3ccccc3)c3oc4c(-c5ccccc5)cc(-c5ccccc5)cc4c23)nc1. The van der Waals surface area contributed by atoms with E-state index in [1.54, 1.807) is 0 Å². The summed E-state index contributed by atoms with van der Waals surface area (Å²) in [7, 11) is 0. The van der Waals surface area contributed by atoms with Crippen molar-refractivity contribution in [1.29, 1.82) is 0 Å². The fourth-order valence-electron chi connectivity index (χ4n) is 6.84. The first-order valence-electron chi connectivity index (χ1n) is 18.4. The zero-order valence-electron chi connectivity index (χ0n) is 30.3. The van der Waals surface area contributed by atoms with E-state index in [2.05, 4.69) is 108 Å². The zero-order chi connectivity index (χ0) is 37.4. The van der Waals surface area contributed by atoms with Crippen LogP contribution in [-0.2, 0) is 13.1 Å². The fraction of sp³-hybridized carbons (Fsp3) is 0.0400. The smallest absolute Gasteiger partial charge is 0.143 e. The maximum absolute atomic E-state index is 6.87. The molecular formula is C50H40N4O. The van der Waals surface area contributed by atoms with Gasteiger partial charge in [-0.05, 0) is 57.6 Å². The van der Waals surface area contributed by atoms with Gasteiger partial charge in [0.1, 0.15) is 17.0 Å². The number of nitrogens with zero attached hydrogens (tertiary/aromatic N) is 2. The van der Waals surface area contributed by atoms with E-state index in [1.807, 2.05) is 91.1 Å². The number of hydrogen-bond acceptors (Lipinski definition) is 4. The van der Waals surface area contributed by atoms with E-state index >= 15 is 0 Å². The minimum atomic E-state index is 0.463. The Morgan fingerprint density at radius 1 is 0.509 bits per heavy atom. The van der Waals surface area contributed by atoms with E-state index in [0.29, 0.717) is 18.9 Å². The summed E-state index contributed by atoms with van der Waals surface area (Å²) in [5.74, 6) is 0.587. The molecule has 4 N–H and O–H groups in total. The van der Waals surface area contributed by atoms with Crippen molar-refractivity contribution in [3.8, 4) is 44.6 Å². The minimum Gasteiger partial charge on any atom is -0.455 e. The predicted molar refractivity (Wildman–Crippen MR) is 228 cm³/mol. The van der Waals surface area contributed by atoms with Crippen LogP contribution >= 0.6 is 0 Å². The van der Waals surface area contributed by atoms with E-state index in [-0.39, 0.29) is 0 Å². The molecule has 2 heterocycles. The standard InChI is InChI=1S/C36H26N2O.C14H14N2/c37-22-24-16-19-33(38-23-24)30-18-17-29(26-12-6-2-7-13-26)36-34(30)32-21-28(25-10-4-1-5-11-25)20-31(35(32)39-36)27-14-8-3-9-15-27;15-14(13-9-5-2-6-10-13)16-11-12-7-3-1-4-8-12/h1-21,23H,22,37H2;1-10H,11H2,(H2,15,16). The van der Waals surface area contributed by atoms with Crippen LogP contribution in [0.4, 0.5) is 0 Å². The Hall–Kier alpha value is -7.08. The lowest BCUT2D eigenvalue weighted by molar-refractivity contribution is 0.671. The van der Waals surface area contributed by atoms with Crippen LogP contribution < -0.4 is 11.5 Å². The molecule has 0 fully saturated rings. The van der Waals surface area contributed by atoms with Crippen LogP contribution in [-0.4, -0.2) is 10.8 Å². The number of aromatic nitrogens is 1. The lowest BCUT2D eigenvalue weighted by atomic mass is 9.93. The van der Waals surface area contributed by atoms with Gasteiger partial charge in [0.05, 0.1) is 12.2 Å². The van der Waals surface area contributed by atoms with E-state index in [9.17, 15) is 0 Å². The molecule has 0 saturated carbocycles. The number of amidine groups is 1. The van der Waals surface area contributed by atoms with Gasteiger partial charge in [0.15, 0.2) is 0 Å². The van der Waals surface area contributed by atoms with Crippen LogP contribution in [0.3, 0.4) is 0 Å². The summed E-state index contributed by atoms with van der Waals surface area (Å²) < 4.78 is 6.87. The Morgan fingerprint density at radius 2 is 1.07 bits per heavy atom. The number of hydrogen-bond donors (Lipinski definition) is 2. The number of aliphatic imine (C=N–C) groups is 1. The summed E-state index contributed by atoms with van der Waals surface area (Å²) >= 11 is 0. The fourth-order valence-corrected chi connectivity index (χ4v) is 6.84. The lowest BCUT2D eigenvalue weighted by Gasteiger charge is -2.09. The third-order valence-electron chi connectivity index (χ3n) is 9.68. The molecule has 55 heavy (non-hydrogen) atoms. The molecule has 0 amide bonds. The molecule has 0 atom stereocenters. The maximum Gasteiger partial charge on any atom is 0.143 e. The van der Waals surface area contributed by atoms with Crippen molar-refractivity contribution < 1.29 is 4.42 Å². The number of furan rings is 1. The van der Waals surface area contributed by atoms with Gasteiger partial charge in [0.2, 0.25) is 0 Å². The van der Waals surface area contributed by atoms with Gasteiger partial charge in [-0.25, -0.2) is 0 Å². The first-order valence-corrected chi connectivity index (χ1v) is 18.4. The average molecular weight is 713 g/mol. The molecule has 0 unspecified atom stereocenters. The van der Waals surface area contributed by atoms with E-state index in [0.717, 1.165) is 77.7 Å². The van der Waals surface area contributed by atoms with Gasteiger partial charge in [-0.1, -0.05) is 164 Å². The summed E-state index contributed by atoms with van der Waals surface area (Å²) in [4.78, 5) is 9.16. The zero-order valence-corrected chi connectivity index (χ0v) is 30.3. The number of fused-ring (bicyclic) bond motifs is 3. The number of pyridine rings is 1. The van der Waals surface area contributed by atoms with Crippen molar-refractivity contribution in [2.45, 2.75) is 13.1 Å². The molecule has 7 aromatic carbocycles. The van der Waals surface area contributed by atoms with Gasteiger partial charge in [0, 0.05) is 45.8 Å². The molecule has 0 saturated heterocycles. The van der Waals surface area contributed by atoms with Crippen molar-refractivity contribution in [3.05, 3.63) is 211 Å². The van der Waals surface area contributed by atoms with E-state index in [1.165, 1.54) is 5.56 Å². The highest BCUT2D eigenvalue weighted by molar-refractivity contribution is 6.19. The topological polar surface area (TPSA) is 90.4 Å². The first kappa shape index (κ1) is 35.0. The summed E-state index contributed by atoms with van der Waals surface area (Å²) in [6, 6.07) is 64.2. The number of nitrogens with two attached hydrogens (primary N) is 2. The van der Waals surface area contributed by atoms with Crippen molar-refractivity contribution in [3.63, 3.8) is 0 Å². The number of benzene rings is 7. The van der Waals surface area contributed by atoms with E-state index < -0.39 is 0 Å². The van der Waals surface area contributed by atoms with Crippen LogP contribution in [0.15, 0.2) is 204 Å².